The maximum atomic E-state index is 12.3. The van der Waals surface area contributed by atoms with Gasteiger partial charge >= 0.3 is 0 Å². The highest BCUT2D eigenvalue weighted by Gasteiger charge is 2.16. The summed E-state index contributed by atoms with van der Waals surface area (Å²) in [7, 11) is -3.83. The topological polar surface area (TPSA) is 89.5 Å². The van der Waals surface area contributed by atoms with Gasteiger partial charge in [0, 0.05) is 11.3 Å². The Morgan fingerprint density at radius 2 is 1.45 bits per heavy atom. The first kappa shape index (κ1) is 24.8. The van der Waals surface area contributed by atoms with Crippen LogP contribution in [0, 0.1) is 0 Å². The lowest BCUT2D eigenvalue weighted by atomic mass is 10.1. The molecule has 168 valence electrons. The van der Waals surface area contributed by atoms with E-state index in [-0.39, 0.29) is 23.7 Å². The van der Waals surface area contributed by atoms with Gasteiger partial charge in [-0.05, 0) is 30.7 Å². The molecule has 6 nitrogen and oxygen atoms in total. The summed E-state index contributed by atoms with van der Waals surface area (Å²) in [6.07, 6.45) is 7.29. The number of hydrogen-bond donors (Lipinski definition) is 1. The van der Waals surface area contributed by atoms with Crippen molar-refractivity contribution in [3.63, 3.8) is 0 Å². The van der Waals surface area contributed by atoms with Gasteiger partial charge in [-0.1, -0.05) is 75.8 Å². The third-order valence-electron chi connectivity index (χ3n) is 4.83. The van der Waals surface area contributed by atoms with Crippen LogP contribution in [0.2, 0.25) is 0 Å². The van der Waals surface area contributed by atoms with Crippen LogP contribution in [0.15, 0.2) is 59.5 Å². The molecule has 0 unspecified atom stereocenters. The molecule has 0 radical (unpaired) electrons. The standard InChI is InChI=1S/C24H31NO5S/c1-2-3-4-5-6-7-11-18-30-31(28,29)22-16-14-21(15-17-22)25-24(27)19-23(26)20-12-9-8-10-13-20/h8-10,12-17H,2-7,11,18-19H2,1H3,(H,25,27). The molecule has 7 heteroatoms. The van der Waals surface area contributed by atoms with E-state index in [1.807, 2.05) is 0 Å². The quantitative estimate of drug-likeness (QED) is 0.183. The van der Waals surface area contributed by atoms with Crippen molar-refractivity contribution in [3.8, 4) is 0 Å². The van der Waals surface area contributed by atoms with Crippen LogP contribution in [0.25, 0.3) is 0 Å². The van der Waals surface area contributed by atoms with Crippen molar-refractivity contribution in [3.05, 3.63) is 60.2 Å². The van der Waals surface area contributed by atoms with Crippen LogP contribution in [0.1, 0.15) is 68.6 Å². The molecule has 0 spiro atoms. The fourth-order valence-electron chi connectivity index (χ4n) is 3.08. The number of anilines is 1. The van der Waals surface area contributed by atoms with E-state index in [9.17, 15) is 18.0 Å². The maximum absolute atomic E-state index is 12.3. The second-order valence-corrected chi connectivity index (χ2v) is 9.05. The van der Waals surface area contributed by atoms with Crippen LogP contribution in [-0.4, -0.2) is 26.7 Å². The smallest absolute Gasteiger partial charge is 0.296 e. The monoisotopic (exact) mass is 445 g/mol. The summed E-state index contributed by atoms with van der Waals surface area (Å²) in [5.41, 5.74) is 0.883. The Labute approximate surface area is 185 Å². The van der Waals surface area contributed by atoms with E-state index in [2.05, 4.69) is 12.2 Å². The Hall–Kier alpha value is -2.51. The molecule has 0 aromatic heterocycles. The van der Waals surface area contributed by atoms with Gasteiger partial charge < -0.3 is 5.32 Å². The molecular weight excluding hydrogens is 414 g/mol. The molecular formula is C24H31NO5S. The number of unbranched alkanes of at least 4 members (excludes halogenated alkanes) is 6. The maximum Gasteiger partial charge on any atom is 0.296 e. The number of benzene rings is 2. The van der Waals surface area contributed by atoms with Crippen molar-refractivity contribution in [1.82, 2.24) is 0 Å². The van der Waals surface area contributed by atoms with E-state index in [4.69, 9.17) is 4.18 Å². The molecule has 1 N–H and O–H groups in total. The minimum absolute atomic E-state index is 0.0359. The lowest BCUT2D eigenvalue weighted by molar-refractivity contribution is -0.115. The Bertz CT molecular complexity index is 924. The number of amides is 1. The first-order chi connectivity index (χ1) is 14.9. The van der Waals surface area contributed by atoms with E-state index in [1.54, 1.807) is 30.3 Å². The molecule has 0 aliphatic carbocycles. The molecule has 0 bridgehead atoms. The summed E-state index contributed by atoms with van der Waals surface area (Å²) < 4.78 is 29.7. The van der Waals surface area contributed by atoms with Crippen molar-refractivity contribution in [1.29, 1.82) is 0 Å². The van der Waals surface area contributed by atoms with Gasteiger partial charge in [-0.2, -0.15) is 8.42 Å². The molecule has 0 heterocycles. The number of ketones is 1. The second kappa shape index (κ2) is 13.0. The molecule has 2 aromatic carbocycles. The third kappa shape index (κ3) is 9.02. The van der Waals surface area contributed by atoms with Gasteiger partial charge in [-0.25, -0.2) is 0 Å². The number of carbonyl (C=O) groups excluding carboxylic acids is 2. The molecule has 0 aliphatic heterocycles. The third-order valence-corrected chi connectivity index (χ3v) is 6.16. The fourth-order valence-corrected chi connectivity index (χ4v) is 4.02. The SMILES string of the molecule is CCCCCCCCCOS(=O)(=O)c1ccc(NC(=O)CC(=O)c2ccccc2)cc1. The van der Waals surface area contributed by atoms with E-state index in [0.29, 0.717) is 17.7 Å². The van der Waals surface area contributed by atoms with E-state index < -0.39 is 16.0 Å². The molecule has 2 rings (SSSR count). The fraction of sp³-hybridized carbons (Fsp3) is 0.417. The number of nitrogens with one attached hydrogen (secondary N) is 1. The average molecular weight is 446 g/mol. The number of Topliss-reactive ketones (excluding diaryl/α,β-unsaturated/α-hetero) is 1. The average Bonchev–Trinajstić information content (AvgIpc) is 2.76. The van der Waals surface area contributed by atoms with Crippen LogP contribution in [-0.2, 0) is 19.1 Å². The van der Waals surface area contributed by atoms with Crippen LogP contribution in [0.5, 0.6) is 0 Å². The predicted octanol–water partition coefficient (Wildman–Crippen LogP) is 5.35. The molecule has 0 saturated carbocycles. The lowest BCUT2D eigenvalue weighted by Crippen LogP contribution is -2.16. The van der Waals surface area contributed by atoms with Crippen LogP contribution in [0.3, 0.4) is 0 Å². The van der Waals surface area contributed by atoms with Gasteiger partial charge in [0.2, 0.25) is 5.91 Å². The van der Waals surface area contributed by atoms with Crippen LogP contribution < -0.4 is 5.32 Å². The number of rotatable bonds is 14. The van der Waals surface area contributed by atoms with Gasteiger partial charge in [0.1, 0.15) is 0 Å². The summed E-state index contributed by atoms with van der Waals surface area (Å²) in [5.74, 6) is -0.740. The summed E-state index contributed by atoms with van der Waals surface area (Å²) in [5, 5.41) is 2.61. The van der Waals surface area contributed by atoms with E-state index in [0.717, 1.165) is 12.8 Å². The van der Waals surface area contributed by atoms with E-state index >= 15 is 0 Å². The van der Waals surface area contributed by atoms with Crippen molar-refractivity contribution in [2.45, 2.75) is 63.2 Å². The minimum atomic E-state index is -3.83. The molecule has 1 amide bonds. The Morgan fingerprint density at radius 1 is 0.839 bits per heavy atom. The van der Waals surface area contributed by atoms with E-state index in [1.165, 1.54) is 49.9 Å². The Morgan fingerprint density at radius 3 is 2.10 bits per heavy atom. The summed E-state index contributed by atoms with van der Waals surface area (Å²) in [6.45, 7) is 2.34. The molecule has 31 heavy (non-hydrogen) atoms. The van der Waals surface area contributed by atoms with Gasteiger partial charge in [-0.15, -0.1) is 0 Å². The molecule has 2 aromatic rings. The molecule has 0 saturated heterocycles. The summed E-state index contributed by atoms with van der Waals surface area (Å²) in [6, 6.07) is 14.3. The highest BCUT2D eigenvalue weighted by Crippen LogP contribution is 2.17. The zero-order chi connectivity index (χ0) is 22.5. The molecule has 0 aliphatic rings. The van der Waals surface area contributed by atoms with Crippen LogP contribution >= 0.6 is 0 Å². The highest BCUT2D eigenvalue weighted by molar-refractivity contribution is 7.86. The minimum Gasteiger partial charge on any atom is -0.326 e. The van der Waals surface area contributed by atoms with Crippen molar-refractivity contribution in [2.24, 2.45) is 0 Å². The van der Waals surface area contributed by atoms with Gasteiger partial charge in [-0.3, -0.25) is 13.8 Å². The van der Waals surface area contributed by atoms with Crippen molar-refractivity contribution < 1.29 is 22.2 Å². The van der Waals surface area contributed by atoms with Gasteiger partial charge in [0.05, 0.1) is 17.9 Å². The Kier molecular flexibility index (Phi) is 10.4. The zero-order valence-electron chi connectivity index (χ0n) is 18.0. The first-order valence-electron chi connectivity index (χ1n) is 10.8. The zero-order valence-corrected chi connectivity index (χ0v) is 18.8. The predicted molar refractivity (Wildman–Crippen MR) is 122 cm³/mol. The normalized spacial score (nSPS) is 11.3. The summed E-state index contributed by atoms with van der Waals surface area (Å²) in [4.78, 5) is 24.2. The lowest BCUT2D eigenvalue weighted by Gasteiger charge is -2.08. The second-order valence-electron chi connectivity index (χ2n) is 7.44. The van der Waals surface area contributed by atoms with Crippen molar-refractivity contribution >= 4 is 27.5 Å². The highest BCUT2D eigenvalue weighted by atomic mass is 32.2. The molecule has 0 atom stereocenters. The van der Waals surface area contributed by atoms with Gasteiger partial charge in [0.15, 0.2) is 5.78 Å². The Balaban J connectivity index is 1.77. The van der Waals surface area contributed by atoms with Crippen molar-refractivity contribution in [2.75, 3.05) is 11.9 Å². The summed E-state index contributed by atoms with van der Waals surface area (Å²) >= 11 is 0. The van der Waals surface area contributed by atoms with Crippen LogP contribution in [0.4, 0.5) is 5.69 Å². The number of carbonyl (C=O) groups is 2. The van der Waals surface area contributed by atoms with Gasteiger partial charge in [0.25, 0.3) is 10.1 Å². The first-order valence-corrected chi connectivity index (χ1v) is 12.2. The molecule has 0 fully saturated rings. The number of hydrogen-bond acceptors (Lipinski definition) is 5. The largest absolute Gasteiger partial charge is 0.326 e.